The summed E-state index contributed by atoms with van der Waals surface area (Å²) in [7, 11) is 0. The molecule has 2 aromatic rings. The van der Waals surface area contributed by atoms with Gasteiger partial charge in [0.15, 0.2) is 0 Å². The number of nitrogens with two attached hydrogens (primary N) is 1. The van der Waals surface area contributed by atoms with Crippen LogP contribution in [0.3, 0.4) is 0 Å². The maximum atomic E-state index is 5.72. The molecule has 0 spiro atoms. The van der Waals surface area contributed by atoms with Gasteiger partial charge in [-0.15, -0.1) is 0 Å². The fraction of sp³-hybridized carbons (Fsp3) is 0.294. The third-order valence-electron chi connectivity index (χ3n) is 2.94. The van der Waals surface area contributed by atoms with Crippen LogP contribution >= 0.6 is 0 Å². The normalized spacial score (nSPS) is 10.2. The van der Waals surface area contributed by atoms with Gasteiger partial charge in [-0.05, 0) is 49.2 Å². The van der Waals surface area contributed by atoms with Gasteiger partial charge in [0, 0.05) is 0 Å². The number of hydrogen-bond acceptors (Lipinski definition) is 3. The summed E-state index contributed by atoms with van der Waals surface area (Å²) in [5.74, 6) is 1.72. The van der Waals surface area contributed by atoms with Gasteiger partial charge in [-0.1, -0.05) is 30.3 Å². The minimum Gasteiger partial charge on any atom is -0.494 e. The van der Waals surface area contributed by atoms with E-state index in [1.54, 1.807) is 0 Å². The second-order valence-corrected chi connectivity index (χ2v) is 4.59. The number of ether oxygens (including phenoxy) is 2. The van der Waals surface area contributed by atoms with Crippen molar-refractivity contribution in [3.8, 4) is 11.5 Å². The lowest BCUT2D eigenvalue weighted by Gasteiger charge is -2.08. The fourth-order valence-electron chi connectivity index (χ4n) is 1.81. The van der Waals surface area contributed by atoms with E-state index in [0.717, 1.165) is 36.4 Å². The average molecular weight is 271 g/mol. The Morgan fingerprint density at radius 1 is 0.750 bits per heavy atom. The van der Waals surface area contributed by atoms with Gasteiger partial charge in [-0.2, -0.15) is 0 Å². The predicted molar refractivity (Wildman–Crippen MR) is 81.0 cm³/mol. The number of benzene rings is 2. The monoisotopic (exact) mass is 271 g/mol. The molecular formula is C17H21NO2. The molecule has 106 valence electrons. The standard InChI is InChI=1S/C17H21NO2/c18-12-4-5-13-19-16-8-10-17(11-9-16)20-14-15-6-2-1-3-7-15/h1-3,6-11H,4-5,12-14,18H2. The van der Waals surface area contributed by atoms with E-state index in [1.807, 2.05) is 42.5 Å². The van der Waals surface area contributed by atoms with Crippen molar-refractivity contribution < 1.29 is 9.47 Å². The van der Waals surface area contributed by atoms with E-state index < -0.39 is 0 Å². The van der Waals surface area contributed by atoms with Crippen molar-refractivity contribution in [3.05, 3.63) is 60.2 Å². The van der Waals surface area contributed by atoms with Crippen LogP contribution in [-0.4, -0.2) is 13.2 Å². The van der Waals surface area contributed by atoms with E-state index in [9.17, 15) is 0 Å². The zero-order valence-electron chi connectivity index (χ0n) is 11.6. The van der Waals surface area contributed by atoms with Gasteiger partial charge in [0.05, 0.1) is 6.61 Å². The van der Waals surface area contributed by atoms with Gasteiger partial charge >= 0.3 is 0 Å². The Labute approximate surface area is 120 Å². The topological polar surface area (TPSA) is 44.5 Å². The average Bonchev–Trinajstić information content (AvgIpc) is 2.52. The van der Waals surface area contributed by atoms with Crippen LogP contribution in [0.15, 0.2) is 54.6 Å². The van der Waals surface area contributed by atoms with Gasteiger partial charge in [0.1, 0.15) is 18.1 Å². The molecule has 20 heavy (non-hydrogen) atoms. The Bertz CT molecular complexity index is 482. The van der Waals surface area contributed by atoms with E-state index >= 15 is 0 Å². The van der Waals surface area contributed by atoms with Gasteiger partial charge in [0.2, 0.25) is 0 Å². The second kappa shape index (κ2) is 8.23. The molecule has 0 aliphatic heterocycles. The molecule has 0 saturated carbocycles. The number of rotatable bonds is 8. The molecule has 0 aromatic heterocycles. The van der Waals surface area contributed by atoms with Crippen molar-refractivity contribution >= 4 is 0 Å². The van der Waals surface area contributed by atoms with Crippen molar-refractivity contribution in [3.63, 3.8) is 0 Å². The summed E-state index contributed by atoms with van der Waals surface area (Å²) >= 11 is 0. The first-order valence-corrected chi connectivity index (χ1v) is 6.98. The molecule has 0 bridgehead atoms. The SMILES string of the molecule is NCCCCOc1ccc(OCc2ccccc2)cc1. The Hall–Kier alpha value is -2.00. The minimum atomic E-state index is 0.581. The lowest BCUT2D eigenvalue weighted by molar-refractivity contribution is 0.298. The summed E-state index contributed by atoms with van der Waals surface area (Å²) in [6.07, 6.45) is 1.99. The molecule has 0 radical (unpaired) electrons. The Morgan fingerprint density at radius 3 is 2.05 bits per heavy atom. The highest BCUT2D eigenvalue weighted by Crippen LogP contribution is 2.18. The lowest BCUT2D eigenvalue weighted by Crippen LogP contribution is -2.03. The maximum Gasteiger partial charge on any atom is 0.120 e. The molecule has 0 saturated heterocycles. The van der Waals surface area contributed by atoms with Crippen LogP contribution in [0.25, 0.3) is 0 Å². The summed E-state index contributed by atoms with van der Waals surface area (Å²) in [5.41, 5.74) is 6.60. The first kappa shape index (κ1) is 14.4. The van der Waals surface area contributed by atoms with Crippen molar-refractivity contribution in [1.29, 1.82) is 0 Å². The number of unbranched alkanes of at least 4 members (excludes halogenated alkanes) is 1. The molecule has 2 rings (SSSR count). The molecule has 0 fully saturated rings. The van der Waals surface area contributed by atoms with E-state index in [1.165, 1.54) is 0 Å². The third kappa shape index (κ3) is 4.94. The van der Waals surface area contributed by atoms with Crippen LogP contribution in [0.2, 0.25) is 0 Å². The predicted octanol–water partition coefficient (Wildman–Crippen LogP) is 3.38. The molecular weight excluding hydrogens is 250 g/mol. The second-order valence-electron chi connectivity index (χ2n) is 4.59. The van der Waals surface area contributed by atoms with Gasteiger partial charge in [0.25, 0.3) is 0 Å². The Morgan fingerprint density at radius 2 is 1.40 bits per heavy atom. The first-order valence-electron chi connectivity index (χ1n) is 6.98. The van der Waals surface area contributed by atoms with Crippen LogP contribution in [0.5, 0.6) is 11.5 Å². The van der Waals surface area contributed by atoms with Crippen LogP contribution in [-0.2, 0) is 6.61 Å². The summed E-state index contributed by atoms with van der Waals surface area (Å²) in [6.45, 7) is 2.01. The largest absolute Gasteiger partial charge is 0.494 e. The molecule has 2 N–H and O–H groups in total. The molecule has 0 unspecified atom stereocenters. The van der Waals surface area contributed by atoms with Gasteiger partial charge < -0.3 is 15.2 Å². The summed E-state index contributed by atoms with van der Waals surface area (Å²) in [5, 5.41) is 0. The van der Waals surface area contributed by atoms with Gasteiger partial charge in [-0.3, -0.25) is 0 Å². The van der Waals surface area contributed by atoms with Crippen molar-refractivity contribution in [1.82, 2.24) is 0 Å². The molecule has 0 amide bonds. The summed E-state index contributed by atoms with van der Waals surface area (Å²) in [6, 6.07) is 17.9. The summed E-state index contributed by atoms with van der Waals surface area (Å²) in [4.78, 5) is 0. The molecule has 0 aliphatic rings. The zero-order chi connectivity index (χ0) is 14.0. The highest BCUT2D eigenvalue weighted by molar-refractivity contribution is 5.31. The molecule has 3 heteroatoms. The third-order valence-corrected chi connectivity index (χ3v) is 2.94. The van der Waals surface area contributed by atoms with Crippen LogP contribution in [0.1, 0.15) is 18.4 Å². The molecule has 0 atom stereocenters. The van der Waals surface area contributed by atoms with Crippen LogP contribution in [0, 0.1) is 0 Å². The van der Waals surface area contributed by atoms with E-state index in [0.29, 0.717) is 13.2 Å². The van der Waals surface area contributed by atoms with E-state index in [-0.39, 0.29) is 0 Å². The van der Waals surface area contributed by atoms with Crippen LogP contribution < -0.4 is 15.2 Å². The Kier molecular flexibility index (Phi) is 5.93. The number of hydrogen-bond donors (Lipinski definition) is 1. The molecule has 2 aromatic carbocycles. The van der Waals surface area contributed by atoms with E-state index in [4.69, 9.17) is 15.2 Å². The highest BCUT2D eigenvalue weighted by Gasteiger charge is 1.97. The van der Waals surface area contributed by atoms with Crippen molar-refractivity contribution in [2.24, 2.45) is 5.73 Å². The molecule has 3 nitrogen and oxygen atoms in total. The highest BCUT2D eigenvalue weighted by atomic mass is 16.5. The lowest BCUT2D eigenvalue weighted by atomic mass is 10.2. The smallest absolute Gasteiger partial charge is 0.120 e. The molecule has 0 heterocycles. The van der Waals surface area contributed by atoms with E-state index in [2.05, 4.69) is 12.1 Å². The Balaban J connectivity index is 1.76. The van der Waals surface area contributed by atoms with Crippen molar-refractivity contribution in [2.45, 2.75) is 19.4 Å². The quantitative estimate of drug-likeness (QED) is 0.748. The maximum absolute atomic E-state index is 5.72. The van der Waals surface area contributed by atoms with Gasteiger partial charge in [-0.25, -0.2) is 0 Å². The zero-order valence-corrected chi connectivity index (χ0v) is 11.6. The first-order chi connectivity index (χ1) is 9.88. The van der Waals surface area contributed by atoms with Crippen LogP contribution in [0.4, 0.5) is 0 Å². The minimum absolute atomic E-state index is 0.581. The van der Waals surface area contributed by atoms with Crippen molar-refractivity contribution in [2.75, 3.05) is 13.2 Å². The molecule has 0 aliphatic carbocycles. The summed E-state index contributed by atoms with van der Waals surface area (Å²) < 4.78 is 11.3. The fourth-order valence-corrected chi connectivity index (χ4v) is 1.81.